The third-order valence-corrected chi connectivity index (χ3v) is 6.16. The third kappa shape index (κ3) is 2.93. The van der Waals surface area contributed by atoms with Crippen LogP contribution in [-0.4, -0.2) is 33.7 Å². The predicted molar refractivity (Wildman–Crippen MR) is 102 cm³/mol. The van der Waals surface area contributed by atoms with Gasteiger partial charge in [-0.05, 0) is 54.9 Å². The minimum absolute atomic E-state index is 0.100. The third-order valence-electron chi connectivity index (χ3n) is 6.16. The normalized spacial score (nSPS) is 20.0. The number of hydrogen-bond acceptors (Lipinski definition) is 6. The molecule has 1 aromatic heterocycles. The molecule has 2 aliphatic carbocycles. The zero-order valence-corrected chi connectivity index (χ0v) is 15.5. The number of rotatable bonds is 3. The second-order valence-electron chi connectivity index (χ2n) is 7.87. The Hall–Kier alpha value is -3.20. The molecule has 140 valence electrons. The average Bonchev–Trinajstić information content (AvgIpc) is 3.48. The van der Waals surface area contributed by atoms with Gasteiger partial charge in [-0.15, -0.1) is 0 Å². The van der Waals surface area contributed by atoms with Crippen LogP contribution in [0.4, 0.5) is 0 Å². The Morgan fingerprint density at radius 1 is 1.11 bits per heavy atom. The molecule has 0 N–H and O–H groups in total. The van der Waals surface area contributed by atoms with Gasteiger partial charge in [-0.25, -0.2) is 9.97 Å². The van der Waals surface area contributed by atoms with Crippen molar-refractivity contribution in [1.82, 2.24) is 14.9 Å². The molecule has 3 aliphatic rings. The summed E-state index contributed by atoms with van der Waals surface area (Å²) in [6.07, 6.45) is 8.40. The first kappa shape index (κ1) is 16.9. The molecule has 6 heteroatoms. The van der Waals surface area contributed by atoms with Gasteiger partial charge in [0.2, 0.25) is 0 Å². The van der Waals surface area contributed by atoms with Crippen LogP contribution in [0.25, 0.3) is 5.70 Å². The number of carbonyl (C=O) groups is 1. The Balaban J connectivity index is 1.52. The summed E-state index contributed by atoms with van der Waals surface area (Å²) in [7, 11) is 0. The van der Waals surface area contributed by atoms with E-state index in [-0.39, 0.29) is 23.8 Å². The fraction of sp³-hybridized carbons (Fsp3) is 0.364. The van der Waals surface area contributed by atoms with Crippen molar-refractivity contribution in [2.75, 3.05) is 13.1 Å². The summed E-state index contributed by atoms with van der Waals surface area (Å²) in [5.41, 5.74) is 3.42. The molecule has 0 amide bonds. The van der Waals surface area contributed by atoms with E-state index in [0.29, 0.717) is 11.2 Å². The van der Waals surface area contributed by atoms with E-state index in [4.69, 9.17) is 4.74 Å². The number of nitrogens with zero attached hydrogens (tertiary/aromatic N) is 4. The van der Waals surface area contributed by atoms with E-state index in [2.05, 4.69) is 20.9 Å². The number of fused-ring (bicyclic) bond motifs is 1. The molecule has 2 heterocycles. The van der Waals surface area contributed by atoms with Crippen LogP contribution in [0, 0.1) is 16.7 Å². The zero-order valence-electron chi connectivity index (χ0n) is 15.5. The van der Waals surface area contributed by atoms with Crippen molar-refractivity contribution in [3.05, 3.63) is 53.4 Å². The molecule has 1 spiro atoms. The SMILES string of the molecule is N#CC1=C(N2CCC3(CC2)CC3)c2cc(Oc3ncccn3)ccc2CC1=O. The quantitative estimate of drug-likeness (QED) is 0.820. The highest BCUT2D eigenvalue weighted by Gasteiger charge is 2.45. The molecule has 2 fully saturated rings. The number of Topliss-reactive ketones (excluding diaryl/α,β-unsaturated/α-hetero) is 1. The molecular formula is C22H20N4O2. The first-order valence-electron chi connectivity index (χ1n) is 9.68. The van der Waals surface area contributed by atoms with E-state index < -0.39 is 0 Å². The molecule has 2 aromatic rings. The topological polar surface area (TPSA) is 79.1 Å². The van der Waals surface area contributed by atoms with Crippen LogP contribution in [0.3, 0.4) is 0 Å². The summed E-state index contributed by atoms with van der Waals surface area (Å²) in [4.78, 5) is 23.0. The Bertz CT molecular complexity index is 1010. The maximum Gasteiger partial charge on any atom is 0.321 e. The lowest BCUT2D eigenvalue weighted by atomic mass is 9.86. The molecule has 6 nitrogen and oxygen atoms in total. The van der Waals surface area contributed by atoms with Gasteiger partial charge in [-0.2, -0.15) is 5.26 Å². The van der Waals surface area contributed by atoms with Gasteiger partial charge in [-0.3, -0.25) is 4.79 Å². The molecule has 0 radical (unpaired) electrons. The van der Waals surface area contributed by atoms with Crippen molar-refractivity contribution in [3.63, 3.8) is 0 Å². The van der Waals surface area contributed by atoms with Crippen molar-refractivity contribution in [3.8, 4) is 17.8 Å². The van der Waals surface area contributed by atoms with Crippen LogP contribution in [0.5, 0.6) is 11.8 Å². The van der Waals surface area contributed by atoms with Gasteiger partial charge in [0, 0.05) is 37.5 Å². The van der Waals surface area contributed by atoms with Gasteiger partial charge in [0.25, 0.3) is 0 Å². The number of piperidine rings is 1. The van der Waals surface area contributed by atoms with E-state index in [1.165, 1.54) is 12.8 Å². The standard InChI is InChI=1S/C22H20N4O2/c23-14-18-19(27)12-15-2-3-16(28-21-24-8-1-9-25-21)13-17(15)20(18)26-10-6-22(4-5-22)7-11-26/h1-3,8-9,13H,4-7,10-12H2. The van der Waals surface area contributed by atoms with E-state index in [1.807, 2.05) is 18.2 Å². The first-order chi connectivity index (χ1) is 13.7. The molecule has 1 saturated carbocycles. The van der Waals surface area contributed by atoms with Gasteiger partial charge in [0.15, 0.2) is 5.78 Å². The molecule has 1 aliphatic heterocycles. The Kier molecular flexibility index (Phi) is 3.90. The summed E-state index contributed by atoms with van der Waals surface area (Å²) in [6, 6.07) is 9.82. The molecule has 0 unspecified atom stereocenters. The van der Waals surface area contributed by atoms with Gasteiger partial charge in [-0.1, -0.05) is 6.07 Å². The highest BCUT2D eigenvalue weighted by atomic mass is 16.5. The molecule has 1 aromatic carbocycles. The van der Waals surface area contributed by atoms with Gasteiger partial charge in [0.05, 0.1) is 5.70 Å². The van der Waals surface area contributed by atoms with E-state index in [1.54, 1.807) is 18.5 Å². The van der Waals surface area contributed by atoms with Crippen LogP contribution in [-0.2, 0) is 11.2 Å². The summed E-state index contributed by atoms with van der Waals surface area (Å²) >= 11 is 0. The second kappa shape index (κ2) is 6.45. The minimum atomic E-state index is -0.100. The number of nitriles is 1. The highest BCUT2D eigenvalue weighted by molar-refractivity contribution is 6.10. The zero-order chi connectivity index (χ0) is 19.1. The van der Waals surface area contributed by atoms with Gasteiger partial charge in [0.1, 0.15) is 17.4 Å². The van der Waals surface area contributed by atoms with Crippen LogP contribution >= 0.6 is 0 Å². The number of ketones is 1. The van der Waals surface area contributed by atoms with Gasteiger partial charge < -0.3 is 9.64 Å². The van der Waals surface area contributed by atoms with Crippen molar-refractivity contribution in [1.29, 1.82) is 5.26 Å². The van der Waals surface area contributed by atoms with E-state index >= 15 is 0 Å². The Morgan fingerprint density at radius 3 is 2.54 bits per heavy atom. The molecular weight excluding hydrogens is 352 g/mol. The summed E-state index contributed by atoms with van der Waals surface area (Å²) in [6.45, 7) is 1.78. The second-order valence-corrected chi connectivity index (χ2v) is 7.87. The lowest BCUT2D eigenvalue weighted by Gasteiger charge is -2.37. The van der Waals surface area contributed by atoms with E-state index in [9.17, 15) is 10.1 Å². The van der Waals surface area contributed by atoms with E-state index in [0.717, 1.165) is 42.8 Å². The van der Waals surface area contributed by atoms with Crippen molar-refractivity contribution < 1.29 is 9.53 Å². The predicted octanol–water partition coefficient (Wildman–Crippen LogP) is 3.50. The molecule has 0 atom stereocenters. The highest BCUT2D eigenvalue weighted by Crippen LogP contribution is 2.54. The molecule has 0 bridgehead atoms. The fourth-order valence-electron chi connectivity index (χ4n) is 4.29. The smallest absolute Gasteiger partial charge is 0.321 e. The molecule has 1 saturated heterocycles. The Labute approximate surface area is 163 Å². The summed E-state index contributed by atoms with van der Waals surface area (Å²) in [5, 5.41) is 9.70. The largest absolute Gasteiger partial charge is 0.424 e. The van der Waals surface area contributed by atoms with Crippen LogP contribution in [0.2, 0.25) is 0 Å². The number of likely N-dealkylation sites (tertiary alicyclic amines) is 1. The fourth-order valence-corrected chi connectivity index (χ4v) is 4.29. The summed E-state index contributed by atoms with van der Waals surface area (Å²) in [5.74, 6) is 0.501. The molecule has 28 heavy (non-hydrogen) atoms. The lowest BCUT2D eigenvalue weighted by Crippen LogP contribution is -2.36. The Morgan fingerprint density at radius 2 is 1.86 bits per heavy atom. The number of aromatic nitrogens is 2. The first-order valence-corrected chi connectivity index (χ1v) is 9.68. The van der Waals surface area contributed by atoms with Gasteiger partial charge >= 0.3 is 6.01 Å². The van der Waals surface area contributed by atoms with Crippen molar-refractivity contribution >= 4 is 11.5 Å². The number of carbonyl (C=O) groups excluding carboxylic acids is 1. The van der Waals surface area contributed by atoms with Crippen LogP contribution < -0.4 is 4.74 Å². The maximum atomic E-state index is 12.6. The van der Waals surface area contributed by atoms with Crippen LogP contribution in [0.1, 0.15) is 36.8 Å². The number of ether oxygens (including phenoxy) is 1. The monoisotopic (exact) mass is 372 g/mol. The number of benzene rings is 1. The number of hydrogen-bond donors (Lipinski definition) is 0. The average molecular weight is 372 g/mol. The lowest BCUT2D eigenvalue weighted by molar-refractivity contribution is -0.114. The van der Waals surface area contributed by atoms with Crippen LogP contribution in [0.15, 0.2) is 42.2 Å². The molecule has 5 rings (SSSR count). The van der Waals surface area contributed by atoms with Crippen molar-refractivity contribution in [2.24, 2.45) is 5.41 Å². The minimum Gasteiger partial charge on any atom is -0.424 e. The van der Waals surface area contributed by atoms with Crippen molar-refractivity contribution in [2.45, 2.75) is 32.1 Å². The summed E-state index contributed by atoms with van der Waals surface area (Å²) < 4.78 is 5.79. The maximum absolute atomic E-state index is 12.6. The number of allylic oxidation sites excluding steroid dienone is 1.